The quantitative estimate of drug-likeness (QED) is 0.187. The fourth-order valence-electron chi connectivity index (χ4n) is 6.99. The Morgan fingerprint density at radius 3 is 2.23 bits per heavy atom. The van der Waals surface area contributed by atoms with Gasteiger partial charge >= 0.3 is 5.97 Å². The molecule has 212 valence electrons. The number of ether oxygens (including phenoxy) is 1. The van der Waals surface area contributed by atoms with Gasteiger partial charge in [0.2, 0.25) is 5.91 Å². The van der Waals surface area contributed by atoms with Crippen LogP contribution in [0.2, 0.25) is 0 Å². The average Bonchev–Trinajstić information content (AvgIpc) is 3.49. The van der Waals surface area contributed by atoms with Crippen LogP contribution < -0.4 is 10.1 Å². The van der Waals surface area contributed by atoms with Crippen LogP contribution in [-0.4, -0.2) is 34.4 Å². The van der Waals surface area contributed by atoms with Gasteiger partial charge in [-0.2, -0.15) is 0 Å². The van der Waals surface area contributed by atoms with E-state index in [0.717, 1.165) is 11.1 Å². The molecular formula is C35H25FN2O5. The minimum absolute atomic E-state index is 0.197. The fraction of sp³-hybridized carbons (Fsp3) is 0.143. The van der Waals surface area contributed by atoms with Crippen molar-refractivity contribution in [3.8, 4) is 5.75 Å². The second-order valence-electron chi connectivity index (χ2n) is 10.9. The number of nitrogens with one attached hydrogen (secondary N) is 1. The van der Waals surface area contributed by atoms with Gasteiger partial charge < -0.3 is 15.0 Å². The third-order valence-corrected chi connectivity index (χ3v) is 8.65. The van der Waals surface area contributed by atoms with Crippen LogP contribution >= 0.6 is 0 Å². The summed E-state index contributed by atoms with van der Waals surface area (Å²) in [6.07, 6.45) is 3.67. The zero-order valence-electron chi connectivity index (χ0n) is 23.0. The zero-order chi connectivity index (χ0) is 29.9. The highest BCUT2D eigenvalue weighted by Gasteiger charge is 2.70. The Balaban J connectivity index is 1.48. The van der Waals surface area contributed by atoms with Crippen LogP contribution in [0.15, 0.2) is 103 Å². The molecule has 4 atom stereocenters. The molecule has 8 heteroatoms. The van der Waals surface area contributed by atoms with Gasteiger partial charge in [-0.3, -0.25) is 19.2 Å². The number of fused-ring (bicyclic) bond motifs is 6. The van der Waals surface area contributed by atoms with Crippen molar-refractivity contribution in [2.75, 3.05) is 5.32 Å². The first-order chi connectivity index (χ1) is 20.8. The summed E-state index contributed by atoms with van der Waals surface area (Å²) in [6.45, 7) is 1.29. The molecule has 3 aliphatic rings. The summed E-state index contributed by atoms with van der Waals surface area (Å²) in [5.74, 6) is -3.10. The summed E-state index contributed by atoms with van der Waals surface area (Å²) < 4.78 is 19.1. The molecule has 4 aromatic carbocycles. The Morgan fingerprint density at radius 1 is 0.837 bits per heavy atom. The number of nitrogens with zero attached hydrogens (tertiary/aromatic N) is 1. The molecule has 0 unspecified atom stereocenters. The number of amides is 1. The summed E-state index contributed by atoms with van der Waals surface area (Å²) in [5, 5.41) is 3.00. The SMILES string of the molecule is CC(=O)Oc1ccc(C(=O)[C@@H]2[C@@H](C(=O)c3ccc(F)cc3)[C@]3(C(=O)Nc4ccccc43)[C@H]3c4ccccc4C=CN23)cc1. The lowest BCUT2D eigenvalue weighted by atomic mass is 9.62. The summed E-state index contributed by atoms with van der Waals surface area (Å²) in [4.78, 5) is 57.0. The smallest absolute Gasteiger partial charge is 0.308 e. The van der Waals surface area contributed by atoms with Gasteiger partial charge in [0.25, 0.3) is 0 Å². The van der Waals surface area contributed by atoms with E-state index >= 15 is 0 Å². The number of hydrogen-bond donors (Lipinski definition) is 1. The summed E-state index contributed by atoms with van der Waals surface area (Å²) in [7, 11) is 0. The van der Waals surface area contributed by atoms with E-state index in [1.54, 1.807) is 24.4 Å². The monoisotopic (exact) mass is 572 g/mol. The number of rotatable bonds is 5. The number of Topliss-reactive ketones (excluding diaryl/α,β-unsaturated/α-hetero) is 2. The molecule has 0 aliphatic carbocycles. The van der Waals surface area contributed by atoms with Crippen molar-refractivity contribution >= 4 is 35.2 Å². The Labute approximate surface area is 246 Å². The summed E-state index contributed by atoms with van der Waals surface area (Å²) in [5.41, 5.74) is 1.90. The lowest BCUT2D eigenvalue weighted by Gasteiger charge is -2.38. The lowest BCUT2D eigenvalue weighted by Crippen LogP contribution is -2.49. The number of para-hydroxylation sites is 1. The molecule has 1 spiro atoms. The van der Waals surface area contributed by atoms with E-state index in [4.69, 9.17) is 4.74 Å². The lowest BCUT2D eigenvalue weighted by molar-refractivity contribution is -0.131. The van der Waals surface area contributed by atoms with Gasteiger partial charge in [-0.15, -0.1) is 0 Å². The minimum atomic E-state index is -1.49. The second-order valence-corrected chi connectivity index (χ2v) is 10.9. The normalized spacial score (nSPS) is 22.9. The topological polar surface area (TPSA) is 92.8 Å². The average molecular weight is 573 g/mol. The van der Waals surface area contributed by atoms with Gasteiger partial charge in [0.05, 0.1) is 12.0 Å². The van der Waals surface area contributed by atoms with E-state index in [-0.39, 0.29) is 28.6 Å². The Hall–Kier alpha value is -5.37. The predicted octanol–water partition coefficient (Wildman–Crippen LogP) is 5.73. The van der Waals surface area contributed by atoms with Crippen LogP contribution in [0.5, 0.6) is 5.75 Å². The first-order valence-corrected chi connectivity index (χ1v) is 13.9. The Bertz CT molecular complexity index is 1850. The summed E-state index contributed by atoms with van der Waals surface area (Å²) in [6, 6.07) is 24.4. The number of benzene rings is 4. The molecule has 43 heavy (non-hydrogen) atoms. The maximum Gasteiger partial charge on any atom is 0.308 e. The summed E-state index contributed by atoms with van der Waals surface area (Å²) >= 11 is 0. The van der Waals surface area contributed by atoms with Crippen LogP contribution in [0.25, 0.3) is 6.08 Å². The number of hydrogen-bond acceptors (Lipinski definition) is 6. The predicted molar refractivity (Wildman–Crippen MR) is 157 cm³/mol. The van der Waals surface area contributed by atoms with Gasteiger partial charge in [-0.05, 0) is 77.4 Å². The van der Waals surface area contributed by atoms with Crippen LogP contribution in [0.1, 0.15) is 50.4 Å². The van der Waals surface area contributed by atoms with E-state index in [9.17, 15) is 23.6 Å². The molecule has 4 aromatic rings. The van der Waals surface area contributed by atoms with E-state index in [0.29, 0.717) is 11.3 Å². The number of anilines is 1. The number of ketones is 2. The highest BCUT2D eigenvalue weighted by Crippen LogP contribution is 2.62. The molecule has 0 aromatic heterocycles. The molecule has 7 rings (SSSR count). The first-order valence-electron chi connectivity index (χ1n) is 13.9. The maximum atomic E-state index is 14.7. The molecule has 0 radical (unpaired) electrons. The fourth-order valence-corrected chi connectivity index (χ4v) is 6.99. The molecule has 3 aliphatic heterocycles. The molecule has 3 heterocycles. The van der Waals surface area contributed by atoms with Gasteiger partial charge in [-0.25, -0.2) is 4.39 Å². The number of carbonyl (C=O) groups excluding carboxylic acids is 4. The first kappa shape index (κ1) is 26.5. The van der Waals surface area contributed by atoms with Gasteiger partial charge in [0, 0.05) is 29.9 Å². The third-order valence-electron chi connectivity index (χ3n) is 8.65. The maximum absolute atomic E-state index is 14.7. The van der Waals surface area contributed by atoms with Crippen molar-refractivity contribution in [3.05, 3.63) is 137 Å². The standard InChI is InChI=1S/C35H25FN2O5/c1-20(39)43-25-16-12-23(13-17-25)32(41)30-29(31(40)22-10-14-24(36)15-11-22)35(27-8-4-5-9-28(27)37-34(35)42)33-26-7-3-2-6-21(26)18-19-38(30)33/h2-19,29-30,33H,1H3,(H,37,42)/t29-,30-,33+,35-/m0/s1. The van der Waals surface area contributed by atoms with Crippen LogP contribution in [0.3, 0.4) is 0 Å². The van der Waals surface area contributed by atoms with Crippen molar-refractivity contribution in [2.24, 2.45) is 5.92 Å². The van der Waals surface area contributed by atoms with Gasteiger partial charge in [0.15, 0.2) is 11.6 Å². The van der Waals surface area contributed by atoms with E-state index in [1.807, 2.05) is 53.4 Å². The van der Waals surface area contributed by atoms with Crippen molar-refractivity contribution in [3.63, 3.8) is 0 Å². The van der Waals surface area contributed by atoms with Crippen molar-refractivity contribution < 1.29 is 28.3 Å². The van der Waals surface area contributed by atoms with Gasteiger partial charge in [0.1, 0.15) is 23.0 Å². The molecular weight excluding hydrogens is 547 g/mol. The van der Waals surface area contributed by atoms with E-state index in [2.05, 4.69) is 5.32 Å². The van der Waals surface area contributed by atoms with Crippen molar-refractivity contribution in [1.82, 2.24) is 4.90 Å². The minimum Gasteiger partial charge on any atom is -0.427 e. The molecule has 0 saturated carbocycles. The van der Waals surface area contributed by atoms with E-state index < -0.39 is 41.0 Å². The van der Waals surface area contributed by atoms with Crippen LogP contribution in [-0.2, 0) is 15.0 Å². The molecule has 1 saturated heterocycles. The molecule has 1 amide bonds. The second kappa shape index (κ2) is 9.87. The molecule has 7 nitrogen and oxygen atoms in total. The number of esters is 1. The Morgan fingerprint density at radius 2 is 1.49 bits per heavy atom. The Kier molecular flexibility index (Phi) is 6.09. The van der Waals surface area contributed by atoms with Crippen LogP contribution in [0, 0.1) is 11.7 Å². The highest BCUT2D eigenvalue weighted by molar-refractivity contribution is 6.16. The van der Waals surface area contributed by atoms with Crippen molar-refractivity contribution in [2.45, 2.75) is 24.4 Å². The molecule has 0 bridgehead atoms. The van der Waals surface area contributed by atoms with Crippen molar-refractivity contribution in [1.29, 1.82) is 0 Å². The number of carbonyl (C=O) groups is 4. The zero-order valence-corrected chi connectivity index (χ0v) is 23.0. The van der Waals surface area contributed by atoms with Crippen LogP contribution in [0.4, 0.5) is 10.1 Å². The largest absolute Gasteiger partial charge is 0.427 e. The third kappa shape index (κ3) is 3.94. The molecule has 1 N–H and O–H groups in total. The number of halogens is 1. The van der Waals surface area contributed by atoms with Gasteiger partial charge in [-0.1, -0.05) is 42.5 Å². The molecule has 1 fully saturated rings. The van der Waals surface area contributed by atoms with E-state index in [1.165, 1.54) is 43.3 Å². The highest BCUT2D eigenvalue weighted by atomic mass is 19.1.